The van der Waals surface area contributed by atoms with Gasteiger partial charge in [0.25, 0.3) is 0 Å². The Balaban J connectivity index is 1.39. The van der Waals surface area contributed by atoms with Crippen LogP contribution in [0.5, 0.6) is 0 Å². The van der Waals surface area contributed by atoms with Crippen molar-refractivity contribution < 1.29 is 9.59 Å². The van der Waals surface area contributed by atoms with Crippen LogP contribution in [0.15, 0.2) is 24.3 Å². The lowest BCUT2D eigenvalue weighted by Crippen LogP contribution is -2.48. The number of hydrogen-bond donors (Lipinski definition) is 0. The molecule has 1 aromatic rings. The average molecular weight is 372 g/mol. The third-order valence-electron chi connectivity index (χ3n) is 5.89. The summed E-state index contributed by atoms with van der Waals surface area (Å²) in [7, 11) is 0. The highest BCUT2D eigenvalue weighted by Gasteiger charge is 2.23. The summed E-state index contributed by atoms with van der Waals surface area (Å²) in [6.45, 7) is 8.17. The molecule has 0 bridgehead atoms. The number of benzene rings is 1. The molecule has 2 aliphatic rings. The monoisotopic (exact) mass is 371 g/mol. The van der Waals surface area contributed by atoms with Crippen LogP contribution in [0, 0.1) is 6.92 Å². The minimum absolute atomic E-state index is 0.133. The van der Waals surface area contributed by atoms with Gasteiger partial charge in [-0.3, -0.25) is 14.5 Å². The van der Waals surface area contributed by atoms with Gasteiger partial charge in [0.15, 0.2) is 0 Å². The number of carbonyl (C=O) groups excluding carboxylic acids is 2. The Labute approximate surface area is 163 Å². The van der Waals surface area contributed by atoms with E-state index in [4.69, 9.17) is 0 Å². The molecule has 3 rings (SSSR count). The molecule has 2 aliphatic heterocycles. The van der Waals surface area contributed by atoms with E-state index in [2.05, 4.69) is 36.1 Å². The van der Waals surface area contributed by atoms with E-state index in [9.17, 15) is 9.59 Å². The van der Waals surface area contributed by atoms with Crippen molar-refractivity contribution in [3.05, 3.63) is 35.4 Å². The summed E-state index contributed by atoms with van der Waals surface area (Å²) in [5.41, 5.74) is 2.68. The van der Waals surface area contributed by atoms with Gasteiger partial charge in [-0.05, 0) is 30.9 Å². The van der Waals surface area contributed by atoms with Crippen LogP contribution in [-0.2, 0) is 16.1 Å². The fraction of sp³-hybridized carbons (Fsp3) is 0.636. The number of hydrogen-bond acceptors (Lipinski definition) is 3. The predicted octanol–water partition coefficient (Wildman–Crippen LogP) is 2.82. The smallest absolute Gasteiger partial charge is 0.223 e. The lowest BCUT2D eigenvalue weighted by molar-refractivity contribution is -0.138. The number of aryl methyl sites for hydroxylation is 1. The summed E-state index contributed by atoms with van der Waals surface area (Å²) in [5, 5.41) is 0. The van der Waals surface area contributed by atoms with E-state index in [0.717, 1.165) is 58.7 Å². The topological polar surface area (TPSA) is 43.9 Å². The molecule has 2 amide bonds. The predicted molar refractivity (Wildman–Crippen MR) is 107 cm³/mol. The standard InChI is InChI=1S/C22H33N3O2/c1-19-8-4-5-9-20(19)18-23-14-16-25(17-15-23)22(27)11-10-21(26)24-12-6-2-3-7-13-24/h4-5,8-9H,2-3,6-7,10-18H2,1H3. The molecule has 0 saturated carbocycles. The minimum atomic E-state index is 0.133. The Morgan fingerprint density at radius 3 is 1.93 bits per heavy atom. The van der Waals surface area contributed by atoms with E-state index in [1.807, 2.05) is 9.80 Å². The molecule has 5 nitrogen and oxygen atoms in total. The first-order valence-corrected chi connectivity index (χ1v) is 10.5. The molecular weight excluding hydrogens is 338 g/mol. The number of carbonyl (C=O) groups is 2. The lowest BCUT2D eigenvalue weighted by Gasteiger charge is -2.35. The number of amides is 2. The Morgan fingerprint density at radius 1 is 0.778 bits per heavy atom. The molecule has 0 aliphatic carbocycles. The van der Waals surface area contributed by atoms with Crippen molar-refractivity contribution in [1.29, 1.82) is 0 Å². The van der Waals surface area contributed by atoms with Gasteiger partial charge >= 0.3 is 0 Å². The molecule has 2 saturated heterocycles. The van der Waals surface area contributed by atoms with Crippen molar-refractivity contribution in [2.45, 2.75) is 52.0 Å². The summed E-state index contributed by atoms with van der Waals surface area (Å²) in [5.74, 6) is 0.289. The Bertz CT molecular complexity index is 630. The number of likely N-dealkylation sites (tertiary alicyclic amines) is 1. The Hall–Kier alpha value is -1.88. The summed E-state index contributed by atoms with van der Waals surface area (Å²) < 4.78 is 0. The second-order valence-electron chi connectivity index (χ2n) is 7.88. The Morgan fingerprint density at radius 2 is 1.33 bits per heavy atom. The van der Waals surface area contributed by atoms with Crippen LogP contribution in [0.1, 0.15) is 49.7 Å². The van der Waals surface area contributed by atoms with Crippen molar-refractivity contribution in [2.24, 2.45) is 0 Å². The van der Waals surface area contributed by atoms with E-state index in [-0.39, 0.29) is 11.8 Å². The molecule has 0 spiro atoms. The van der Waals surface area contributed by atoms with Gasteiger partial charge in [-0.15, -0.1) is 0 Å². The second-order valence-corrected chi connectivity index (χ2v) is 7.88. The summed E-state index contributed by atoms with van der Waals surface area (Å²) in [6.07, 6.45) is 5.35. The summed E-state index contributed by atoms with van der Waals surface area (Å²) in [4.78, 5) is 31.2. The van der Waals surface area contributed by atoms with E-state index in [0.29, 0.717) is 12.8 Å². The fourth-order valence-corrected chi connectivity index (χ4v) is 4.03. The molecule has 0 radical (unpaired) electrons. The zero-order chi connectivity index (χ0) is 19.1. The molecule has 148 valence electrons. The van der Waals surface area contributed by atoms with Crippen LogP contribution in [0.25, 0.3) is 0 Å². The normalized spacial score (nSPS) is 19.0. The van der Waals surface area contributed by atoms with Crippen molar-refractivity contribution >= 4 is 11.8 Å². The number of rotatable bonds is 5. The molecule has 2 heterocycles. The first kappa shape index (κ1) is 19.9. The maximum absolute atomic E-state index is 12.5. The van der Waals surface area contributed by atoms with Crippen LogP contribution in [0.4, 0.5) is 0 Å². The quantitative estimate of drug-likeness (QED) is 0.799. The first-order valence-electron chi connectivity index (χ1n) is 10.5. The highest BCUT2D eigenvalue weighted by Crippen LogP contribution is 2.14. The highest BCUT2D eigenvalue weighted by atomic mass is 16.2. The van der Waals surface area contributed by atoms with Gasteiger partial charge in [-0.2, -0.15) is 0 Å². The van der Waals surface area contributed by atoms with Gasteiger partial charge in [0.2, 0.25) is 11.8 Å². The van der Waals surface area contributed by atoms with Crippen LogP contribution in [0.2, 0.25) is 0 Å². The Kier molecular flexibility index (Phi) is 7.27. The van der Waals surface area contributed by atoms with Crippen LogP contribution >= 0.6 is 0 Å². The first-order chi connectivity index (χ1) is 13.1. The van der Waals surface area contributed by atoms with Crippen molar-refractivity contribution in [1.82, 2.24) is 14.7 Å². The van der Waals surface area contributed by atoms with Crippen LogP contribution < -0.4 is 0 Å². The summed E-state index contributed by atoms with van der Waals surface area (Å²) in [6, 6.07) is 8.49. The molecule has 0 atom stereocenters. The fourth-order valence-electron chi connectivity index (χ4n) is 4.03. The molecule has 0 aromatic heterocycles. The molecular formula is C22H33N3O2. The van der Waals surface area contributed by atoms with Gasteiger partial charge in [-0.25, -0.2) is 0 Å². The van der Waals surface area contributed by atoms with Crippen molar-refractivity contribution in [3.8, 4) is 0 Å². The van der Waals surface area contributed by atoms with E-state index in [1.165, 1.54) is 24.0 Å². The number of nitrogens with zero attached hydrogens (tertiary/aromatic N) is 3. The summed E-state index contributed by atoms with van der Waals surface area (Å²) >= 11 is 0. The molecule has 5 heteroatoms. The van der Waals surface area contributed by atoms with Gasteiger partial charge < -0.3 is 9.80 Å². The van der Waals surface area contributed by atoms with Crippen LogP contribution in [-0.4, -0.2) is 65.8 Å². The zero-order valence-electron chi connectivity index (χ0n) is 16.7. The lowest BCUT2D eigenvalue weighted by atomic mass is 10.1. The van der Waals surface area contributed by atoms with Crippen LogP contribution in [0.3, 0.4) is 0 Å². The van der Waals surface area contributed by atoms with Gasteiger partial charge in [0, 0.05) is 58.7 Å². The molecule has 27 heavy (non-hydrogen) atoms. The third-order valence-corrected chi connectivity index (χ3v) is 5.89. The van der Waals surface area contributed by atoms with E-state index >= 15 is 0 Å². The minimum Gasteiger partial charge on any atom is -0.343 e. The molecule has 2 fully saturated rings. The van der Waals surface area contributed by atoms with Gasteiger partial charge in [0.1, 0.15) is 0 Å². The largest absolute Gasteiger partial charge is 0.343 e. The molecule has 0 unspecified atom stereocenters. The maximum Gasteiger partial charge on any atom is 0.223 e. The zero-order valence-corrected chi connectivity index (χ0v) is 16.7. The SMILES string of the molecule is Cc1ccccc1CN1CCN(C(=O)CCC(=O)N2CCCCCC2)CC1. The number of piperazine rings is 1. The third kappa shape index (κ3) is 5.80. The van der Waals surface area contributed by atoms with E-state index < -0.39 is 0 Å². The van der Waals surface area contributed by atoms with Gasteiger partial charge in [0.05, 0.1) is 0 Å². The van der Waals surface area contributed by atoms with Crippen molar-refractivity contribution in [2.75, 3.05) is 39.3 Å². The maximum atomic E-state index is 12.5. The van der Waals surface area contributed by atoms with E-state index in [1.54, 1.807) is 0 Å². The van der Waals surface area contributed by atoms with Crippen molar-refractivity contribution in [3.63, 3.8) is 0 Å². The highest BCUT2D eigenvalue weighted by molar-refractivity contribution is 5.83. The molecule has 0 N–H and O–H groups in total. The van der Waals surface area contributed by atoms with Gasteiger partial charge in [-0.1, -0.05) is 37.1 Å². The average Bonchev–Trinajstić information content (AvgIpc) is 2.98. The second kappa shape index (κ2) is 9.88. The molecule has 1 aromatic carbocycles.